The number of fused-ring (bicyclic) bond motifs is 1. The van der Waals surface area contributed by atoms with Crippen LogP contribution in [0.25, 0.3) is 11.6 Å². The molecule has 2 aliphatic carbocycles. The summed E-state index contributed by atoms with van der Waals surface area (Å²) in [4.78, 5) is 16.2. The van der Waals surface area contributed by atoms with Crippen molar-refractivity contribution in [2.45, 2.75) is 46.8 Å². The Balaban J connectivity index is 0.00000210. The Morgan fingerprint density at radius 2 is 1.85 bits per heavy atom. The average molecular weight is 416 g/mol. The average Bonchev–Trinajstić information content (AvgIpc) is 3.29. The summed E-state index contributed by atoms with van der Waals surface area (Å²) in [6, 6.07) is 10.8. The van der Waals surface area contributed by atoms with Gasteiger partial charge >= 0.3 is 160 Å². The number of H-pyrrole nitrogens is 1. The van der Waals surface area contributed by atoms with Crippen molar-refractivity contribution in [2.75, 3.05) is 0 Å². The second-order valence-electron chi connectivity index (χ2n) is 8.31. The molecular weight excluding hydrogens is 384 g/mol. The van der Waals surface area contributed by atoms with Crippen LogP contribution in [0.5, 0.6) is 0 Å². The van der Waals surface area contributed by atoms with Gasteiger partial charge in [0.2, 0.25) is 0 Å². The molecule has 1 aromatic heterocycles. The Morgan fingerprint density at radius 1 is 1.11 bits per heavy atom. The number of aromatic nitrogens is 1. The largest absolute Gasteiger partial charge is 0.0149 e. The fourth-order valence-corrected chi connectivity index (χ4v) is 9.48. The van der Waals surface area contributed by atoms with Crippen LogP contribution < -0.4 is 3.80 Å². The van der Waals surface area contributed by atoms with Gasteiger partial charge < -0.3 is 0 Å². The second-order valence-corrected chi connectivity index (χ2v) is 15.0. The Labute approximate surface area is 170 Å². The van der Waals surface area contributed by atoms with Gasteiger partial charge in [-0.25, -0.2) is 0 Å². The first-order valence-electron chi connectivity index (χ1n) is 9.82. The molecule has 0 radical (unpaired) electrons. The third-order valence-corrected chi connectivity index (χ3v) is 10.6. The molecule has 2 N–H and O–H groups in total. The first kappa shape index (κ1) is 20.4. The molecule has 1 atom stereocenters. The van der Waals surface area contributed by atoms with Crippen LogP contribution in [0.3, 0.4) is 0 Å². The van der Waals surface area contributed by atoms with Crippen LogP contribution in [-0.2, 0) is 21.6 Å². The standard InChI is InChI=1S/C13H10N.C7H13NO.2CH3.H4Si.Ti/c1-2-4-11-8-13(7-10(11)3-1)12-5-6-14-9-12;8-7(9)6-4-2-1-3-5-6;;;;/h1-9,14H;6H,1-5H2,(H2,8,9);2*1H3;1H4;/q;;;;;+1/p-1. The zero-order valence-corrected chi connectivity index (χ0v) is 17.3. The van der Waals surface area contributed by atoms with Crippen molar-refractivity contribution in [2.24, 2.45) is 5.92 Å². The summed E-state index contributed by atoms with van der Waals surface area (Å²) >= 11 is -2.67. The van der Waals surface area contributed by atoms with E-state index >= 15 is 0 Å². The van der Waals surface area contributed by atoms with Crippen LogP contribution in [0.4, 0.5) is 0 Å². The topological polar surface area (TPSA) is 44.9 Å². The molecule has 144 valence electrons. The minimum Gasteiger partial charge on any atom is -0.0149 e. The number of hydrogen-bond donors (Lipinski definition) is 2. The van der Waals surface area contributed by atoms with E-state index in [2.05, 4.69) is 61.8 Å². The number of carbonyl (C=O) groups excluding carboxylic acids is 1. The number of aromatic amines is 1. The fourth-order valence-electron chi connectivity index (χ4n) is 4.71. The van der Waals surface area contributed by atoms with Crippen LogP contribution >= 0.6 is 0 Å². The maximum absolute atomic E-state index is 13.0. The molecular formula is C22H32N2OSiTi. The normalized spacial score (nSPS) is 19.8. The van der Waals surface area contributed by atoms with Gasteiger partial charge in [0, 0.05) is 0 Å². The number of rotatable bonds is 4. The van der Waals surface area contributed by atoms with Crippen LogP contribution in [-0.4, -0.2) is 21.9 Å². The van der Waals surface area contributed by atoms with Crippen molar-refractivity contribution in [1.82, 2.24) is 8.78 Å². The van der Waals surface area contributed by atoms with Crippen LogP contribution in [0, 0.1) is 5.92 Å². The molecule has 4 rings (SSSR count). The zero-order chi connectivity index (χ0) is 18.1. The van der Waals surface area contributed by atoms with Crippen LogP contribution in [0.1, 0.15) is 53.0 Å². The van der Waals surface area contributed by atoms with Gasteiger partial charge in [-0.2, -0.15) is 0 Å². The Kier molecular flexibility index (Phi) is 6.29. The van der Waals surface area contributed by atoms with Gasteiger partial charge in [0.25, 0.3) is 0 Å². The summed E-state index contributed by atoms with van der Waals surface area (Å²) in [5, 5.41) is 4.71. The third-order valence-electron chi connectivity index (χ3n) is 6.00. The maximum Gasteiger partial charge on any atom is -0.0149 e. The molecule has 0 spiro atoms. The molecule has 1 fully saturated rings. The third kappa shape index (κ3) is 4.08. The van der Waals surface area contributed by atoms with Crippen molar-refractivity contribution in [3.8, 4) is 0 Å². The van der Waals surface area contributed by atoms with Crippen molar-refractivity contribution >= 4 is 28.5 Å². The molecule has 2 aromatic rings. The van der Waals surface area contributed by atoms with Crippen LogP contribution in [0.15, 0.2) is 42.7 Å². The second kappa shape index (κ2) is 8.34. The van der Waals surface area contributed by atoms with E-state index in [1.807, 2.05) is 6.20 Å². The summed E-state index contributed by atoms with van der Waals surface area (Å²) in [7, 11) is 0. The summed E-state index contributed by atoms with van der Waals surface area (Å²) in [6.07, 6.45) is 12.2. The minimum atomic E-state index is -2.67. The summed E-state index contributed by atoms with van der Waals surface area (Å²) < 4.78 is 3.94. The van der Waals surface area contributed by atoms with Gasteiger partial charge in [0.15, 0.2) is 0 Å². The van der Waals surface area contributed by atoms with E-state index in [9.17, 15) is 4.79 Å². The molecule has 1 unspecified atom stereocenters. The fraction of sp³-hybridized carbons (Fsp3) is 0.409. The van der Waals surface area contributed by atoms with Crippen molar-refractivity contribution in [3.05, 3.63) is 59.4 Å². The maximum atomic E-state index is 13.0. The molecule has 0 bridgehead atoms. The Hall–Kier alpha value is -1.36. The molecule has 1 heterocycles. The monoisotopic (exact) mass is 416 g/mol. The number of allylic oxidation sites excluding steroid dienone is 1. The summed E-state index contributed by atoms with van der Waals surface area (Å²) in [6.45, 7) is 0. The number of nitrogens with one attached hydrogen (secondary N) is 2. The zero-order valence-electron chi connectivity index (χ0n) is 15.7. The molecule has 0 aliphatic heterocycles. The molecule has 27 heavy (non-hydrogen) atoms. The van der Waals surface area contributed by atoms with Crippen molar-refractivity contribution < 1.29 is 21.6 Å². The summed E-state index contributed by atoms with van der Waals surface area (Å²) in [5.74, 6) is 0.539. The van der Waals surface area contributed by atoms with E-state index < -0.39 is 16.8 Å². The van der Waals surface area contributed by atoms with E-state index in [0.29, 0.717) is 10.1 Å². The first-order valence-corrected chi connectivity index (χ1v) is 14.6. The number of benzene rings is 1. The molecule has 3 nitrogen and oxygen atoms in total. The predicted molar refractivity (Wildman–Crippen MR) is 116 cm³/mol. The molecule has 1 saturated carbocycles. The van der Waals surface area contributed by atoms with Gasteiger partial charge in [0.05, 0.1) is 0 Å². The van der Waals surface area contributed by atoms with Crippen molar-refractivity contribution in [1.29, 1.82) is 0 Å². The quantitative estimate of drug-likeness (QED) is 0.727. The van der Waals surface area contributed by atoms with Gasteiger partial charge in [-0.1, -0.05) is 0 Å². The Bertz CT molecular complexity index is 823. The van der Waals surface area contributed by atoms with Crippen LogP contribution in [0.2, 0.25) is 10.5 Å². The predicted octanol–water partition coefficient (Wildman–Crippen LogP) is 4.02. The van der Waals surface area contributed by atoms with Gasteiger partial charge in [0.1, 0.15) is 0 Å². The molecule has 0 saturated heterocycles. The molecule has 1 amide bonds. The van der Waals surface area contributed by atoms with E-state index in [1.54, 1.807) is 0 Å². The van der Waals surface area contributed by atoms with Gasteiger partial charge in [-0.3, -0.25) is 0 Å². The van der Waals surface area contributed by atoms with E-state index in [0.717, 1.165) is 12.8 Å². The molecule has 1 aromatic carbocycles. The Morgan fingerprint density at radius 3 is 2.56 bits per heavy atom. The number of carbonyl (C=O) groups is 1. The SMILES string of the molecule is [CH3][Ti]([CH3])([NH]C(=O)C1CCCCC1)[CH]1C(c2cc[nH]c2)=Cc2ccccc21.[SiH4]. The minimum absolute atomic E-state index is 0. The van der Waals surface area contributed by atoms with E-state index in [1.165, 1.54) is 41.5 Å². The van der Waals surface area contributed by atoms with Gasteiger partial charge in [-0.05, 0) is 11.0 Å². The number of amides is 1. The smallest absolute Gasteiger partial charge is 0.0149 e. The van der Waals surface area contributed by atoms with E-state index in [-0.39, 0.29) is 16.9 Å². The molecule has 2 aliphatic rings. The first-order chi connectivity index (χ1) is 12.6. The van der Waals surface area contributed by atoms with Crippen molar-refractivity contribution in [3.63, 3.8) is 0 Å². The number of hydrogen-bond acceptors (Lipinski definition) is 1. The van der Waals surface area contributed by atoms with Gasteiger partial charge in [-0.15, -0.1) is 0 Å². The summed E-state index contributed by atoms with van der Waals surface area (Å²) in [5.41, 5.74) is 5.30. The van der Waals surface area contributed by atoms with E-state index in [4.69, 9.17) is 0 Å². The molecule has 5 heteroatoms.